The van der Waals surface area contributed by atoms with E-state index in [1.165, 1.54) is 0 Å². The number of hydrogen-bond acceptors (Lipinski definition) is 6. The summed E-state index contributed by atoms with van der Waals surface area (Å²) >= 11 is 0. The maximum absolute atomic E-state index is 14.4. The van der Waals surface area contributed by atoms with Gasteiger partial charge in [0.25, 0.3) is 11.8 Å². The predicted octanol–water partition coefficient (Wildman–Crippen LogP) is 2.94. The minimum Gasteiger partial charge on any atom is -0.487 e. The summed E-state index contributed by atoms with van der Waals surface area (Å²) in [6.45, 7) is 1.27. The number of ether oxygens (including phenoxy) is 3. The fourth-order valence-corrected chi connectivity index (χ4v) is 3.42. The largest absolute Gasteiger partial charge is 0.487 e. The van der Waals surface area contributed by atoms with E-state index in [1.807, 2.05) is 0 Å². The van der Waals surface area contributed by atoms with Crippen LogP contribution < -0.4 is 15.4 Å². The molecule has 3 N–H and O–H groups in total. The summed E-state index contributed by atoms with van der Waals surface area (Å²) in [4.78, 5) is 25.4. The van der Waals surface area contributed by atoms with Gasteiger partial charge in [0.1, 0.15) is 30.8 Å². The molecule has 1 aliphatic rings. The van der Waals surface area contributed by atoms with E-state index in [1.54, 1.807) is 49.5 Å². The Balaban J connectivity index is 1.83. The Hall–Kier alpha value is -3.22. The highest BCUT2D eigenvalue weighted by atomic mass is 19.4. The molecule has 1 fully saturated rings. The van der Waals surface area contributed by atoms with Crippen LogP contribution in [-0.4, -0.2) is 60.8 Å². The standard InChI is InChI=1S/C24H26F4N2O6/c1-23(2)35-12-19(36-23)18(31)10-29-21(32)16-8-15(25)9-17(22(33)30-13-24(26,27)28)20(16)34-11-14-6-4-3-5-7-14/h3-9,18-19,31H,10-13H2,1-2H3,(H,29,32)(H,30,33). The number of benzene rings is 2. The average molecular weight is 514 g/mol. The second kappa shape index (κ2) is 11.2. The first-order chi connectivity index (χ1) is 16.8. The molecule has 2 aromatic carbocycles. The highest BCUT2D eigenvalue weighted by Gasteiger charge is 2.37. The Bertz CT molecular complexity index is 1080. The molecule has 0 radical (unpaired) electrons. The van der Waals surface area contributed by atoms with Crippen LogP contribution in [-0.2, 0) is 16.1 Å². The Kier molecular flexibility index (Phi) is 8.54. The van der Waals surface area contributed by atoms with Crippen LogP contribution in [0, 0.1) is 5.82 Å². The summed E-state index contributed by atoms with van der Waals surface area (Å²) in [5.41, 5.74) is -0.388. The minimum absolute atomic E-state index is 0.0823. The van der Waals surface area contributed by atoms with Crippen LogP contribution in [0.1, 0.15) is 40.1 Å². The van der Waals surface area contributed by atoms with Crippen molar-refractivity contribution >= 4 is 11.8 Å². The zero-order valence-electron chi connectivity index (χ0n) is 19.5. The fourth-order valence-electron chi connectivity index (χ4n) is 3.42. The van der Waals surface area contributed by atoms with E-state index in [0.29, 0.717) is 11.6 Å². The van der Waals surface area contributed by atoms with E-state index < -0.39 is 65.2 Å². The van der Waals surface area contributed by atoms with Crippen molar-refractivity contribution in [3.05, 3.63) is 65.0 Å². The molecular weight excluding hydrogens is 488 g/mol. The number of halogens is 4. The highest BCUT2D eigenvalue weighted by Crippen LogP contribution is 2.28. The number of aliphatic hydroxyl groups excluding tert-OH is 1. The predicted molar refractivity (Wildman–Crippen MR) is 119 cm³/mol. The van der Waals surface area contributed by atoms with Gasteiger partial charge in [0, 0.05) is 6.54 Å². The fraction of sp³-hybridized carbons (Fsp3) is 0.417. The smallest absolute Gasteiger partial charge is 0.405 e. The van der Waals surface area contributed by atoms with Crippen molar-refractivity contribution < 1.29 is 46.5 Å². The van der Waals surface area contributed by atoms with Crippen molar-refractivity contribution in [2.75, 3.05) is 19.7 Å². The lowest BCUT2D eigenvalue weighted by Gasteiger charge is -2.21. The molecule has 1 aliphatic heterocycles. The van der Waals surface area contributed by atoms with Gasteiger partial charge in [-0.2, -0.15) is 13.2 Å². The number of carbonyl (C=O) groups is 2. The van der Waals surface area contributed by atoms with Crippen molar-refractivity contribution in [1.29, 1.82) is 0 Å². The van der Waals surface area contributed by atoms with Gasteiger partial charge in [-0.3, -0.25) is 9.59 Å². The molecule has 3 rings (SSSR count). The van der Waals surface area contributed by atoms with Gasteiger partial charge >= 0.3 is 6.18 Å². The molecule has 2 aromatic rings. The van der Waals surface area contributed by atoms with E-state index in [0.717, 1.165) is 6.07 Å². The Morgan fingerprint density at radius 1 is 1.14 bits per heavy atom. The molecule has 12 heteroatoms. The highest BCUT2D eigenvalue weighted by molar-refractivity contribution is 6.04. The van der Waals surface area contributed by atoms with Gasteiger partial charge in [0.15, 0.2) is 5.79 Å². The zero-order chi connectivity index (χ0) is 26.5. The molecule has 2 atom stereocenters. The molecule has 36 heavy (non-hydrogen) atoms. The third-order valence-electron chi connectivity index (χ3n) is 5.15. The second-order valence-corrected chi connectivity index (χ2v) is 8.55. The second-order valence-electron chi connectivity index (χ2n) is 8.55. The summed E-state index contributed by atoms with van der Waals surface area (Å²) < 4.78 is 68.8. The SMILES string of the molecule is CC1(C)OCC(C(O)CNC(=O)c2cc(F)cc(C(=O)NCC(F)(F)F)c2OCc2ccccc2)O1. The van der Waals surface area contributed by atoms with Crippen LogP contribution in [0.4, 0.5) is 17.6 Å². The molecule has 1 saturated heterocycles. The molecule has 0 aromatic heterocycles. The summed E-state index contributed by atoms with van der Waals surface area (Å²) in [5, 5.41) is 14.4. The number of rotatable bonds is 9. The summed E-state index contributed by atoms with van der Waals surface area (Å²) in [7, 11) is 0. The third kappa shape index (κ3) is 7.64. The molecule has 2 amide bonds. The summed E-state index contributed by atoms with van der Waals surface area (Å²) in [6.07, 6.45) is -6.61. The molecule has 0 aliphatic carbocycles. The third-order valence-corrected chi connectivity index (χ3v) is 5.15. The Labute approximate surface area is 204 Å². The lowest BCUT2D eigenvalue weighted by molar-refractivity contribution is -0.150. The van der Waals surface area contributed by atoms with Crippen LogP contribution in [0.25, 0.3) is 0 Å². The van der Waals surface area contributed by atoms with Gasteiger partial charge in [-0.05, 0) is 31.5 Å². The summed E-state index contributed by atoms with van der Waals surface area (Å²) in [5.74, 6) is -4.55. The lowest BCUT2D eigenvalue weighted by Crippen LogP contribution is -2.41. The topological polar surface area (TPSA) is 106 Å². The maximum Gasteiger partial charge on any atom is 0.405 e. The quantitative estimate of drug-likeness (QED) is 0.445. The summed E-state index contributed by atoms with van der Waals surface area (Å²) in [6, 6.07) is 10.0. The van der Waals surface area contributed by atoms with Gasteiger partial charge in [-0.15, -0.1) is 0 Å². The van der Waals surface area contributed by atoms with E-state index in [9.17, 15) is 32.3 Å². The van der Waals surface area contributed by atoms with Crippen molar-refractivity contribution in [2.24, 2.45) is 0 Å². The molecule has 196 valence electrons. The average Bonchev–Trinajstić information content (AvgIpc) is 3.19. The van der Waals surface area contributed by atoms with Crippen LogP contribution >= 0.6 is 0 Å². The Morgan fingerprint density at radius 3 is 2.31 bits per heavy atom. The zero-order valence-corrected chi connectivity index (χ0v) is 19.5. The van der Waals surface area contributed by atoms with Gasteiger partial charge in [0.05, 0.1) is 23.8 Å². The number of hydrogen-bond donors (Lipinski definition) is 3. The van der Waals surface area contributed by atoms with Gasteiger partial charge in [0.2, 0.25) is 0 Å². The van der Waals surface area contributed by atoms with Crippen molar-refractivity contribution in [3.8, 4) is 5.75 Å². The molecular formula is C24H26F4N2O6. The van der Waals surface area contributed by atoms with Crippen molar-refractivity contribution in [3.63, 3.8) is 0 Å². The van der Waals surface area contributed by atoms with Crippen LogP contribution in [0.3, 0.4) is 0 Å². The first-order valence-electron chi connectivity index (χ1n) is 11.0. The number of amides is 2. The van der Waals surface area contributed by atoms with Crippen molar-refractivity contribution in [2.45, 2.75) is 44.6 Å². The number of nitrogens with one attached hydrogen (secondary N) is 2. The van der Waals surface area contributed by atoms with Crippen molar-refractivity contribution in [1.82, 2.24) is 10.6 Å². The first-order valence-corrected chi connectivity index (χ1v) is 11.0. The van der Waals surface area contributed by atoms with E-state index in [4.69, 9.17) is 14.2 Å². The first kappa shape index (κ1) is 27.4. The van der Waals surface area contributed by atoms with E-state index in [-0.39, 0.29) is 19.8 Å². The number of carbonyl (C=O) groups excluding carboxylic acids is 2. The lowest BCUT2D eigenvalue weighted by atomic mass is 10.1. The molecule has 0 saturated carbocycles. The van der Waals surface area contributed by atoms with E-state index >= 15 is 0 Å². The monoisotopic (exact) mass is 514 g/mol. The molecule has 1 heterocycles. The van der Waals surface area contributed by atoms with Gasteiger partial charge in [-0.1, -0.05) is 30.3 Å². The van der Waals surface area contributed by atoms with Crippen LogP contribution in [0.5, 0.6) is 5.75 Å². The van der Waals surface area contributed by atoms with Crippen LogP contribution in [0.15, 0.2) is 42.5 Å². The number of aliphatic hydroxyl groups is 1. The van der Waals surface area contributed by atoms with Crippen LogP contribution in [0.2, 0.25) is 0 Å². The maximum atomic E-state index is 14.4. The molecule has 8 nitrogen and oxygen atoms in total. The van der Waals surface area contributed by atoms with Gasteiger partial charge < -0.3 is 30.0 Å². The normalized spacial score (nSPS) is 17.9. The minimum atomic E-state index is -4.70. The molecule has 2 unspecified atom stereocenters. The molecule has 0 bridgehead atoms. The van der Waals surface area contributed by atoms with Gasteiger partial charge in [-0.25, -0.2) is 4.39 Å². The molecule has 0 spiro atoms. The van der Waals surface area contributed by atoms with E-state index in [2.05, 4.69) is 5.32 Å². The number of alkyl halides is 3. The Morgan fingerprint density at radius 2 is 1.75 bits per heavy atom.